The van der Waals surface area contributed by atoms with Crippen molar-refractivity contribution < 1.29 is 19.0 Å². The molecule has 2 aromatic carbocycles. The Morgan fingerprint density at radius 2 is 1.83 bits per heavy atom. The Kier molecular flexibility index (Phi) is 6.54. The van der Waals surface area contributed by atoms with Crippen LogP contribution in [0.3, 0.4) is 0 Å². The maximum absolute atomic E-state index is 13.4. The van der Waals surface area contributed by atoms with Crippen LogP contribution in [0.1, 0.15) is 5.56 Å². The van der Waals surface area contributed by atoms with Crippen molar-refractivity contribution >= 4 is 22.8 Å². The Balaban J connectivity index is 1.51. The minimum atomic E-state index is -0.620. The summed E-state index contributed by atoms with van der Waals surface area (Å²) in [6, 6.07) is 14.4. The first-order valence-electron chi connectivity index (χ1n) is 11.5. The Hall–Kier alpha value is -4.38. The summed E-state index contributed by atoms with van der Waals surface area (Å²) in [6.45, 7) is 1.33. The second kappa shape index (κ2) is 10.1. The van der Waals surface area contributed by atoms with Crippen molar-refractivity contribution in [2.75, 3.05) is 32.2 Å². The topological polar surface area (TPSA) is 119 Å². The van der Waals surface area contributed by atoms with Gasteiger partial charge in [-0.3, -0.25) is 14.2 Å². The highest BCUT2D eigenvalue weighted by molar-refractivity contribution is 5.91. The minimum Gasteiger partial charge on any atom is -0.486 e. The number of aromatic nitrogens is 4. The van der Waals surface area contributed by atoms with Crippen LogP contribution in [0.2, 0.25) is 0 Å². The molecule has 0 saturated carbocycles. The van der Waals surface area contributed by atoms with Crippen LogP contribution >= 0.6 is 0 Å². The van der Waals surface area contributed by atoms with Crippen LogP contribution < -0.4 is 26.0 Å². The third-order valence-electron chi connectivity index (χ3n) is 5.83. The van der Waals surface area contributed by atoms with Gasteiger partial charge >= 0.3 is 5.69 Å². The molecule has 11 heteroatoms. The molecule has 0 bridgehead atoms. The van der Waals surface area contributed by atoms with Crippen molar-refractivity contribution in [1.82, 2.24) is 18.7 Å². The van der Waals surface area contributed by atoms with Crippen molar-refractivity contribution in [3.8, 4) is 11.5 Å². The largest absolute Gasteiger partial charge is 0.486 e. The molecule has 0 fully saturated rings. The van der Waals surface area contributed by atoms with E-state index in [1.807, 2.05) is 30.3 Å². The molecule has 36 heavy (non-hydrogen) atoms. The first-order chi connectivity index (χ1) is 17.5. The first kappa shape index (κ1) is 23.4. The molecule has 11 nitrogen and oxygen atoms in total. The third-order valence-corrected chi connectivity index (χ3v) is 5.83. The number of imidazole rings is 1. The Labute approximate surface area is 205 Å². The van der Waals surface area contributed by atoms with Crippen LogP contribution in [-0.2, 0) is 29.2 Å². The number of carbonyl (C=O) groups is 1. The molecule has 2 aromatic heterocycles. The van der Waals surface area contributed by atoms with Gasteiger partial charge in [0.2, 0.25) is 5.91 Å². The highest BCUT2D eigenvalue weighted by Gasteiger charge is 2.20. The van der Waals surface area contributed by atoms with Crippen molar-refractivity contribution in [2.45, 2.75) is 19.6 Å². The van der Waals surface area contributed by atoms with E-state index in [1.165, 1.54) is 10.9 Å². The zero-order valence-corrected chi connectivity index (χ0v) is 19.7. The molecule has 0 saturated heterocycles. The molecule has 1 amide bonds. The number of nitrogens with one attached hydrogen (secondary N) is 1. The summed E-state index contributed by atoms with van der Waals surface area (Å²) in [5.41, 5.74) is 0.602. The van der Waals surface area contributed by atoms with Crippen molar-refractivity contribution in [1.29, 1.82) is 0 Å². The van der Waals surface area contributed by atoms with Crippen LogP contribution in [0, 0.1) is 0 Å². The SMILES string of the molecule is COCCn1cnc2c1c(=O)n(CC(=O)Nc1ccc3c(c1)OCCO3)c(=O)n2Cc1ccccc1. The van der Waals surface area contributed by atoms with Crippen LogP contribution in [-0.4, -0.2) is 51.5 Å². The number of nitrogens with zero attached hydrogens (tertiary/aromatic N) is 4. The van der Waals surface area contributed by atoms with Gasteiger partial charge in [0.15, 0.2) is 22.7 Å². The predicted octanol–water partition coefficient (Wildman–Crippen LogP) is 1.46. The summed E-state index contributed by atoms with van der Waals surface area (Å²) in [5.74, 6) is 0.582. The van der Waals surface area contributed by atoms with Crippen LogP contribution in [0.5, 0.6) is 11.5 Å². The monoisotopic (exact) mass is 491 g/mol. The molecule has 0 atom stereocenters. The smallest absolute Gasteiger partial charge is 0.333 e. The molecule has 1 aliphatic rings. The summed E-state index contributed by atoms with van der Waals surface area (Å²) in [7, 11) is 1.56. The molecule has 0 radical (unpaired) electrons. The molecule has 0 unspecified atom stereocenters. The second-order valence-electron chi connectivity index (χ2n) is 8.26. The lowest BCUT2D eigenvalue weighted by atomic mass is 10.2. The average molecular weight is 492 g/mol. The van der Waals surface area contributed by atoms with E-state index in [1.54, 1.807) is 29.9 Å². The van der Waals surface area contributed by atoms with Gasteiger partial charge in [0.1, 0.15) is 19.8 Å². The van der Waals surface area contributed by atoms with Gasteiger partial charge in [-0.05, 0) is 17.7 Å². The molecule has 4 aromatic rings. The van der Waals surface area contributed by atoms with E-state index in [0.717, 1.165) is 10.1 Å². The number of fused-ring (bicyclic) bond motifs is 2. The Morgan fingerprint density at radius 1 is 1.06 bits per heavy atom. The van der Waals surface area contributed by atoms with Gasteiger partial charge < -0.3 is 24.1 Å². The van der Waals surface area contributed by atoms with E-state index in [2.05, 4.69) is 10.3 Å². The lowest BCUT2D eigenvalue weighted by Crippen LogP contribution is -2.43. The van der Waals surface area contributed by atoms with E-state index in [9.17, 15) is 14.4 Å². The second-order valence-corrected chi connectivity index (χ2v) is 8.26. The van der Waals surface area contributed by atoms with Crippen LogP contribution in [0.25, 0.3) is 11.2 Å². The van der Waals surface area contributed by atoms with Crippen molar-refractivity contribution in [3.05, 3.63) is 81.3 Å². The van der Waals surface area contributed by atoms with Gasteiger partial charge in [-0.1, -0.05) is 30.3 Å². The number of hydrogen-bond acceptors (Lipinski definition) is 7. The molecule has 0 spiro atoms. The average Bonchev–Trinajstić information content (AvgIpc) is 3.32. The highest BCUT2D eigenvalue weighted by Crippen LogP contribution is 2.32. The molecule has 1 aliphatic heterocycles. The van der Waals surface area contributed by atoms with Crippen molar-refractivity contribution in [3.63, 3.8) is 0 Å². The number of ether oxygens (including phenoxy) is 3. The Bertz CT molecular complexity index is 1520. The number of amides is 1. The number of rotatable bonds is 8. The fourth-order valence-electron chi connectivity index (χ4n) is 4.11. The van der Waals surface area contributed by atoms with Gasteiger partial charge in [0.25, 0.3) is 5.56 Å². The fourth-order valence-corrected chi connectivity index (χ4v) is 4.11. The number of carbonyl (C=O) groups excluding carboxylic acids is 1. The molecular formula is C25H25N5O6. The van der Waals surface area contributed by atoms with Crippen LogP contribution in [0.4, 0.5) is 5.69 Å². The fraction of sp³-hybridized carbons (Fsp3) is 0.280. The molecule has 3 heterocycles. The van der Waals surface area contributed by atoms with Gasteiger partial charge in [-0.25, -0.2) is 14.3 Å². The number of hydrogen-bond donors (Lipinski definition) is 1. The quantitative estimate of drug-likeness (QED) is 0.396. The van der Waals surface area contributed by atoms with Crippen molar-refractivity contribution in [2.24, 2.45) is 0 Å². The lowest BCUT2D eigenvalue weighted by molar-refractivity contribution is -0.116. The molecular weight excluding hydrogens is 466 g/mol. The van der Waals surface area contributed by atoms with E-state index in [-0.39, 0.29) is 17.7 Å². The first-order valence-corrected chi connectivity index (χ1v) is 11.5. The number of methoxy groups -OCH3 is 1. The lowest BCUT2D eigenvalue weighted by Gasteiger charge is -2.19. The van der Waals surface area contributed by atoms with Gasteiger partial charge in [-0.15, -0.1) is 0 Å². The molecule has 0 aliphatic carbocycles. The standard InChI is InChI=1S/C25H25N5O6/c1-34-10-9-28-16-26-23-22(28)24(32)30(25(33)29(23)14-17-5-3-2-4-6-17)15-21(31)27-18-7-8-19-20(13-18)36-12-11-35-19/h2-8,13,16H,9-12,14-15H2,1H3,(H,27,31). The zero-order chi connectivity index (χ0) is 25.1. The molecule has 1 N–H and O–H groups in total. The third kappa shape index (κ3) is 4.60. The van der Waals surface area contributed by atoms with E-state index < -0.39 is 23.7 Å². The summed E-state index contributed by atoms with van der Waals surface area (Å²) >= 11 is 0. The van der Waals surface area contributed by atoms with E-state index in [0.29, 0.717) is 43.6 Å². The van der Waals surface area contributed by atoms with Gasteiger partial charge in [-0.2, -0.15) is 0 Å². The maximum atomic E-state index is 13.4. The van der Waals surface area contributed by atoms with Crippen LogP contribution in [0.15, 0.2) is 64.4 Å². The van der Waals surface area contributed by atoms with Gasteiger partial charge in [0.05, 0.1) is 19.5 Å². The summed E-state index contributed by atoms with van der Waals surface area (Å²) in [5, 5.41) is 2.73. The summed E-state index contributed by atoms with van der Waals surface area (Å²) < 4.78 is 20.2. The normalized spacial score (nSPS) is 12.6. The zero-order valence-electron chi connectivity index (χ0n) is 19.7. The van der Waals surface area contributed by atoms with E-state index in [4.69, 9.17) is 14.2 Å². The number of anilines is 1. The summed E-state index contributed by atoms with van der Waals surface area (Å²) in [4.78, 5) is 44.1. The van der Waals surface area contributed by atoms with Gasteiger partial charge in [0, 0.05) is 25.4 Å². The summed E-state index contributed by atoms with van der Waals surface area (Å²) in [6.07, 6.45) is 1.51. The molecule has 186 valence electrons. The number of benzene rings is 2. The highest BCUT2D eigenvalue weighted by atomic mass is 16.6. The van der Waals surface area contributed by atoms with E-state index >= 15 is 0 Å². The maximum Gasteiger partial charge on any atom is 0.333 e. The predicted molar refractivity (Wildman–Crippen MR) is 132 cm³/mol. The minimum absolute atomic E-state index is 0.196. The molecule has 5 rings (SSSR count). The Morgan fingerprint density at radius 3 is 2.61 bits per heavy atom.